The molecule has 5 heterocycles. The quantitative estimate of drug-likeness (QED) is 0.166. The van der Waals surface area contributed by atoms with Crippen molar-refractivity contribution in [2.24, 2.45) is 0 Å². The van der Waals surface area contributed by atoms with Gasteiger partial charge in [0.15, 0.2) is 28.9 Å². The van der Waals surface area contributed by atoms with Crippen molar-refractivity contribution >= 4 is 75.4 Å². The fourth-order valence-electron chi connectivity index (χ4n) is 9.00. The Morgan fingerprint density at radius 2 is 0.984 bits per heavy atom. The molecule has 0 aliphatic rings. The third kappa shape index (κ3) is 5.69. The summed E-state index contributed by atoms with van der Waals surface area (Å²) in [6.45, 7) is 0. The van der Waals surface area contributed by atoms with Crippen molar-refractivity contribution in [2.75, 3.05) is 0 Å². The fourth-order valence-corrected chi connectivity index (χ4v) is 10.2. The number of rotatable bonds is 6. The minimum atomic E-state index is 0.536. The summed E-state index contributed by atoms with van der Waals surface area (Å²) >= 11 is 1.76. The normalized spacial score (nSPS) is 11.8. The molecule has 0 unspecified atom stereocenters. The summed E-state index contributed by atoms with van der Waals surface area (Å²) in [5.74, 6) is 2.29. The molecule has 13 aromatic rings. The number of furan rings is 1. The molecule has 0 atom stereocenters. The van der Waals surface area contributed by atoms with Gasteiger partial charge in [-0.1, -0.05) is 140 Å². The van der Waals surface area contributed by atoms with Crippen LogP contribution >= 0.6 is 11.3 Å². The second kappa shape index (κ2) is 14.1. The minimum Gasteiger partial charge on any atom is -0.452 e. The lowest BCUT2D eigenvalue weighted by atomic mass is 10.0. The van der Waals surface area contributed by atoms with E-state index in [0.29, 0.717) is 28.9 Å². The molecule has 0 amide bonds. The zero-order valence-corrected chi connectivity index (χ0v) is 34.3. The van der Waals surface area contributed by atoms with Crippen LogP contribution in [0, 0.1) is 0 Å². The average molecular weight is 825 g/mol. The highest BCUT2D eigenvalue weighted by molar-refractivity contribution is 7.26. The van der Waals surface area contributed by atoms with E-state index in [2.05, 4.69) is 144 Å². The second-order valence-electron chi connectivity index (χ2n) is 15.6. The molecule has 13 rings (SSSR count). The molecule has 0 radical (unpaired) electrons. The molecule has 63 heavy (non-hydrogen) atoms. The zero-order valence-electron chi connectivity index (χ0n) is 33.5. The van der Waals surface area contributed by atoms with E-state index in [4.69, 9.17) is 29.3 Å². The Balaban J connectivity index is 1.12. The van der Waals surface area contributed by atoms with E-state index in [9.17, 15) is 0 Å². The summed E-state index contributed by atoms with van der Waals surface area (Å²) in [4.78, 5) is 26.6. The highest BCUT2D eigenvalue weighted by Gasteiger charge is 2.24. The van der Waals surface area contributed by atoms with Crippen LogP contribution in [0.15, 0.2) is 199 Å². The second-order valence-corrected chi connectivity index (χ2v) is 16.6. The van der Waals surface area contributed by atoms with Crippen molar-refractivity contribution in [3.05, 3.63) is 194 Å². The maximum Gasteiger partial charge on any atom is 0.180 e. The number of hydrogen-bond donors (Lipinski definition) is 0. The van der Waals surface area contributed by atoms with Gasteiger partial charge in [-0.2, -0.15) is 0 Å². The van der Waals surface area contributed by atoms with Crippen molar-refractivity contribution in [2.45, 2.75) is 0 Å². The van der Waals surface area contributed by atoms with E-state index < -0.39 is 0 Å². The fraction of sp³-hybridized carbons (Fsp3) is 0. The molecule has 0 N–H and O–H groups in total. The standard InChI is InChI=1S/C55H32N6OS/c1-3-16-33(17-4-1)48-50-49(40-23-9-13-28-46(40)62-50)57-53(56-48)35-30-31-45(61-43-26-11-7-20-36(43)37-21-8-12-27-44(37)61)42(32-35)55-59-52(34-18-5-2-6-19-34)58-54(60-55)41-25-15-24-39-38-22-10-14-29-47(38)63-51(39)41/h1-32H. The molecule has 0 aliphatic carbocycles. The lowest BCUT2D eigenvalue weighted by molar-refractivity contribution is 0.667. The Morgan fingerprint density at radius 1 is 0.397 bits per heavy atom. The Morgan fingerprint density at radius 3 is 1.75 bits per heavy atom. The maximum atomic E-state index is 6.48. The predicted molar refractivity (Wildman–Crippen MR) is 257 cm³/mol. The number of fused-ring (bicyclic) bond motifs is 9. The first-order valence-corrected chi connectivity index (χ1v) is 21.7. The summed E-state index contributed by atoms with van der Waals surface area (Å²) < 4.78 is 11.2. The van der Waals surface area contributed by atoms with Gasteiger partial charge in [0.2, 0.25) is 0 Å². The zero-order chi connectivity index (χ0) is 41.4. The van der Waals surface area contributed by atoms with Gasteiger partial charge in [0.1, 0.15) is 16.8 Å². The largest absolute Gasteiger partial charge is 0.452 e. The van der Waals surface area contributed by atoms with Crippen LogP contribution in [0.25, 0.3) is 127 Å². The van der Waals surface area contributed by atoms with Crippen LogP contribution in [0.2, 0.25) is 0 Å². The van der Waals surface area contributed by atoms with Crippen LogP contribution in [-0.2, 0) is 0 Å². The number of aromatic nitrogens is 6. The molecule has 0 saturated carbocycles. The third-order valence-electron chi connectivity index (χ3n) is 11.9. The van der Waals surface area contributed by atoms with Crippen molar-refractivity contribution < 1.29 is 4.42 Å². The summed E-state index contributed by atoms with van der Waals surface area (Å²) in [5.41, 5.74) is 10.4. The maximum absolute atomic E-state index is 6.48. The van der Waals surface area contributed by atoms with Crippen LogP contribution in [0.4, 0.5) is 0 Å². The molecular weight excluding hydrogens is 793 g/mol. The van der Waals surface area contributed by atoms with Crippen LogP contribution in [0.1, 0.15) is 0 Å². The van der Waals surface area contributed by atoms with Crippen LogP contribution in [0.5, 0.6) is 0 Å². The van der Waals surface area contributed by atoms with Gasteiger partial charge in [0, 0.05) is 64.1 Å². The number of benzene rings is 8. The Hall–Kier alpha value is -8.33. The van der Waals surface area contributed by atoms with Crippen molar-refractivity contribution in [1.29, 1.82) is 0 Å². The summed E-state index contributed by atoms with van der Waals surface area (Å²) in [7, 11) is 0. The van der Waals surface area contributed by atoms with Crippen molar-refractivity contribution in [3.63, 3.8) is 0 Å². The van der Waals surface area contributed by atoms with E-state index in [-0.39, 0.29) is 0 Å². The van der Waals surface area contributed by atoms with Gasteiger partial charge in [0.05, 0.1) is 16.7 Å². The van der Waals surface area contributed by atoms with Crippen molar-refractivity contribution in [3.8, 4) is 62.5 Å². The van der Waals surface area contributed by atoms with E-state index in [1.165, 1.54) is 15.5 Å². The van der Waals surface area contributed by atoms with E-state index >= 15 is 0 Å². The van der Waals surface area contributed by atoms with Gasteiger partial charge in [-0.3, -0.25) is 0 Å². The van der Waals surface area contributed by atoms with E-state index in [1.54, 1.807) is 11.3 Å². The minimum absolute atomic E-state index is 0.536. The smallest absolute Gasteiger partial charge is 0.180 e. The van der Waals surface area contributed by atoms with E-state index in [1.807, 2.05) is 54.6 Å². The van der Waals surface area contributed by atoms with Gasteiger partial charge in [-0.25, -0.2) is 24.9 Å². The van der Waals surface area contributed by atoms with Crippen LogP contribution in [0.3, 0.4) is 0 Å². The Bertz CT molecular complexity index is 3870. The predicted octanol–water partition coefficient (Wildman–Crippen LogP) is 14.4. The molecule has 8 heteroatoms. The van der Waals surface area contributed by atoms with Gasteiger partial charge < -0.3 is 8.98 Å². The molecule has 8 aromatic carbocycles. The lowest BCUT2D eigenvalue weighted by Gasteiger charge is -2.16. The van der Waals surface area contributed by atoms with Crippen LogP contribution in [-0.4, -0.2) is 29.5 Å². The Labute approximate surface area is 364 Å². The lowest BCUT2D eigenvalue weighted by Crippen LogP contribution is -2.04. The Kier molecular flexibility index (Phi) is 7.94. The van der Waals surface area contributed by atoms with Gasteiger partial charge in [-0.15, -0.1) is 11.3 Å². The summed E-state index contributed by atoms with van der Waals surface area (Å²) in [6, 6.07) is 66.8. The first kappa shape index (κ1) is 35.4. The first-order chi connectivity index (χ1) is 31.2. The van der Waals surface area contributed by atoms with Gasteiger partial charge in [0.25, 0.3) is 0 Å². The van der Waals surface area contributed by atoms with E-state index in [0.717, 1.165) is 82.2 Å². The molecule has 0 bridgehead atoms. The molecular formula is C55H32N6OS. The average Bonchev–Trinajstić information content (AvgIpc) is 4.04. The summed E-state index contributed by atoms with van der Waals surface area (Å²) in [6.07, 6.45) is 0. The topological polar surface area (TPSA) is 82.5 Å². The van der Waals surface area contributed by atoms with Crippen LogP contribution < -0.4 is 0 Å². The molecule has 0 fully saturated rings. The van der Waals surface area contributed by atoms with Gasteiger partial charge in [-0.05, 0) is 54.6 Å². The highest BCUT2D eigenvalue weighted by atomic mass is 32.1. The number of hydrogen-bond acceptors (Lipinski definition) is 7. The number of para-hydroxylation sites is 3. The highest BCUT2D eigenvalue weighted by Crippen LogP contribution is 2.42. The molecule has 294 valence electrons. The first-order valence-electron chi connectivity index (χ1n) is 20.8. The third-order valence-corrected chi connectivity index (χ3v) is 13.1. The number of thiophene rings is 1. The molecule has 7 nitrogen and oxygen atoms in total. The summed E-state index contributed by atoms with van der Waals surface area (Å²) in [5, 5.41) is 5.65. The molecule has 0 aliphatic heterocycles. The SMILES string of the molecule is c1ccc(-c2nc(-c3cc(-c4nc(-c5ccccc5)c5oc6ccccc6c5n4)ccc3-n3c4ccccc4c4ccccc43)nc(-c3cccc4c3sc3ccccc34)n2)cc1. The van der Waals surface area contributed by atoms with Crippen molar-refractivity contribution in [1.82, 2.24) is 29.5 Å². The molecule has 0 spiro atoms. The number of nitrogens with zero attached hydrogens (tertiary/aromatic N) is 6. The monoisotopic (exact) mass is 824 g/mol. The van der Waals surface area contributed by atoms with Gasteiger partial charge >= 0.3 is 0 Å². The molecule has 0 saturated heterocycles. The molecule has 5 aromatic heterocycles.